The Morgan fingerprint density at radius 3 is 2.83 bits per heavy atom. The van der Waals surface area contributed by atoms with Crippen molar-refractivity contribution in [2.75, 3.05) is 13.1 Å². The van der Waals surface area contributed by atoms with Gasteiger partial charge in [0.25, 0.3) is 5.91 Å². The summed E-state index contributed by atoms with van der Waals surface area (Å²) in [5, 5.41) is 10.6. The summed E-state index contributed by atoms with van der Waals surface area (Å²) in [6, 6.07) is 6.75. The highest BCUT2D eigenvalue weighted by molar-refractivity contribution is 6.37. The fraction of sp³-hybridized carbons (Fsp3) is 0.333. The Balaban J connectivity index is 0.00000208. The highest BCUT2D eigenvalue weighted by atomic mass is 35.5. The molecule has 0 saturated carbocycles. The first-order chi connectivity index (χ1) is 11.1. The van der Waals surface area contributed by atoms with E-state index in [1.807, 2.05) is 0 Å². The summed E-state index contributed by atoms with van der Waals surface area (Å²) >= 11 is 12.0. The molecule has 9 heteroatoms. The van der Waals surface area contributed by atoms with Crippen LogP contribution in [0.15, 0.2) is 28.8 Å². The molecule has 0 spiro atoms. The third kappa shape index (κ3) is 4.54. The average Bonchev–Trinajstić information content (AvgIpc) is 3.18. The number of hydrogen-bond acceptors (Lipinski definition) is 5. The highest BCUT2D eigenvalue weighted by Crippen LogP contribution is 2.32. The van der Waals surface area contributed by atoms with Crippen molar-refractivity contribution >= 4 is 41.5 Å². The van der Waals surface area contributed by atoms with Gasteiger partial charge in [-0.1, -0.05) is 34.4 Å². The SMILES string of the molecule is Cl.O=C(NC1CCNC1)c1cc(COc2c(Cl)cccc2Cl)on1. The molecule has 0 bridgehead atoms. The zero-order valence-corrected chi connectivity index (χ0v) is 14.9. The van der Waals surface area contributed by atoms with Crippen LogP contribution in [0.1, 0.15) is 22.7 Å². The molecule has 1 saturated heterocycles. The maximum atomic E-state index is 12.1. The van der Waals surface area contributed by atoms with E-state index in [9.17, 15) is 4.79 Å². The van der Waals surface area contributed by atoms with E-state index in [1.165, 1.54) is 0 Å². The van der Waals surface area contributed by atoms with Crippen LogP contribution in [-0.2, 0) is 6.61 Å². The number of para-hydroxylation sites is 1. The van der Waals surface area contributed by atoms with Crippen LogP contribution in [0.3, 0.4) is 0 Å². The van der Waals surface area contributed by atoms with Crippen molar-refractivity contribution in [3.8, 4) is 5.75 Å². The number of nitrogens with zero attached hydrogens (tertiary/aromatic N) is 1. The minimum Gasteiger partial charge on any atom is -0.482 e. The molecule has 1 aliphatic heterocycles. The van der Waals surface area contributed by atoms with E-state index in [-0.39, 0.29) is 36.7 Å². The highest BCUT2D eigenvalue weighted by Gasteiger charge is 2.20. The van der Waals surface area contributed by atoms with E-state index in [1.54, 1.807) is 24.3 Å². The lowest BCUT2D eigenvalue weighted by molar-refractivity contribution is 0.0930. The fourth-order valence-electron chi connectivity index (χ4n) is 2.29. The van der Waals surface area contributed by atoms with Crippen LogP contribution in [-0.4, -0.2) is 30.2 Å². The third-order valence-corrected chi connectivity index (χ3v) is 4.06. The molecule has 3 rings (SSSR count). The van der Waals surface area contributed by atoms with Crippen LogP contribution in [0.5, 0.6) is 5.75 Å². The predicted molar refractivity (Wildman–Crippen MR) is 93.3 cm³/mol. The number of nitrogens with one attached hydrogen (secondary N) is 2. The summed E-state index contributed by atoms with van der Waals surface area (Å²) < 4.78 is 10.7. The monoisotopic (exact) mass is 391 g/mol. The number of aromatic nitrogens is 1. The van der Waals surface area contributed by atoms with Crippen molar-refractivity contribution in [3.05, 3.63) is 45.8 Å². The van der Waals surface area contributed by atoms with Gasteiger partial charge < -0.3 is 19.9 Å². The molecular formula is C15H16Cl3N3O3. The largest absolute Gasteiger partial charge is 0.482 e. The van der Waals surface area contributed by atoms with Gasteiger partial charge in [0.15, 0.2) is 17.2 Å². The van der Waals surface area contributed by atoms with E-state index >= 15 is 0 Å². The number of carbonyl (C=O) groups is 1. The molecule has 6 nitrogen and oxygen atoms in total. The van der Waals surface area contributed by atoms with Gasteiger partial charge in [-0.15, -0.1) is 12.4 Å². The van der Waals surface area contributed by atoms with Gasteiger partial charge >= 0.3 is 0 Å². The third-order valence-electron chi connectivity index (χ3n) is 3.46. The minimum absolute atomic E-state index is 0. The van der Waals surface area contributed by atoms with Gasteiger partial charge in [0, 0.05) is 18.7 Å². The Morgan fingerprint density at radius 2 is 2.17 bits per heavy atom. The van der Waals surface area contributed by atoms with E-state index < -0.39 is 0 Å². The second-order valence-electron chi connectivity index (χ2n) is 5.18. The molecule has 0 aliphatic carbocycles. The van der Waals surface area contributed by atoms with Crippen molar-refractivity contribution < 1.29 is 14.1 Å². The maximum absolute atomic E-state index is 12.1. The van der Waals surface area contributed by atoms with Crippen molar-refractivity contribution in [3.63, 3.8) is 0 Å². The summed E-state index contributed by atoms with van der Waals surface area (Å²) in [4.78, 5) is 12.1. The van der Waals surface area contributed by atoms with Crippen LogP contribution in [0, 0.1) is 0 Å². The Morgan fingerprint density at radius 1 is 1.42 bits per heavy atom. The van der Waals surface area contributed by atoms with Gasteiger partial charge in [-0.2, -0.15) is 0 Å². The first-order valence-electron chi connectivity index (χ1n) is 7.17. The Hall–Kier alpha value is -1.47. The first kappa shape index (κ1) is 18.9. The summed E-state index contributed by atoms with van der Waals surface area (Å²) in [7, 11) is 0. The van der Waals surface area contributed by atoms with Gasteiger partial charge in [0.1, 0.15) is 6.61 Å². The molecule has 1 aliphatic rings. The standard InChI is InChI=1S/C15H15Cl2N3O3.ClH/c16-11-2-1-3-12(17)14(11)22-8-10-6-13(20-23-10)15(21)19-9-4-5-18-7-9;/h1-3,6,9,18H,4-5,7-8H2,(H,19,21);1H. The molecule has 2 aromatic rings. The van der Waals surface area contributed by atoms with Gasteiger partial charge in [0.05, 0.1) is 10.0 Å². The van der Waals surface area contributed by atoms with Crippen LogP contribution >= 0.6 is 35.6 Å². The van der Waals surface area contributed by atoms with Crippen molar-refractivity contribution in [1.82, 2.24) is 15.8 Å². The molecule has 0 radical (unpaired) electrons. The number of benzene rings is 1. The van der Waals surface area contributed by atoms with Crippen LogP contribution in [0.4, 0.5) is 0 Å². The smallest absolute Gasteiger partial charge is 0.273 e. The van der Waals surface area contributed by atoms with E-state index in [0.29, 0.717) is 21.6 Å². The summed E-state index contributed by atoms with van der Waals surface area (Å²) in [5.74, 6) is 0.524. The molecule has 1 aromatic heterocycles. The summed E-state index contributed by atoms with van der Waals surface area (Å²) in [6.45, 7) is 1.75. The molecule has 1 aromatic carbocycles. The predicted octanol–water partition coefficient (Wildman–Crippen LogP) is 3.07. The zero-order chi connectivity index (χ0) is 16.2. The second kappa shape index (κ2) is 8.58. The van der Waals surface area contributed by atoms with Crippen molar-refractivity contribution in [2.45, 2.75) is 19.1 Å². The molecule has 1 amide bonds. The fourth-order valence-corrected chi connectivity index (χ4v) is 2.80. The normalized spacial score (nSPS) is 16.5. The van der Waals surface area contributed by atoms with Gasteiger partial charge in [-0.05, 0) is 25.1 Å². The number of halogens is 3. The first-order valence-corrected chi connectivity index (χ1v) is 7.93. The quantitative estimate of drug-likeness (QED) is 0.818. The van der Waals surface area contributed by atoms with E-state index in [4.69, 9.17) is 32.5 Å². The van der Waals surface area contributed by atoms with Gasteiger partial charge in [-0.3, -0.25) is 4.79 Å². The molecule has 1 fully saturated rings. The molecule has 24 heavy (non-hydrogen) atoms. The van der Waals surface area contributed by atoms with Crippen LogP contribution < -0.4 is 15.4 Å². The van der Waals surface area contributed by atoms with Crippen molar-refractivity contribution in [1.29, 1.82) is 0 Å². The summed E-state index contributed by atoms with van der Waals surface area (Å²) in [6.07, 6.45) is 0.907. The van der Waals surface area contributed by atoms with Gasteiger partial charge in [0.2, 0.25) is 0 Å². The van der Waals surface area contributed by atoms with Crippen molar-refractivity contribution in [2.24, 2.45) is 0 Å². The maximum Gasteiger partial charge on any atom is 0.273 e. The number of rotatable bonds is 5. The molecule has 1 unspecified atom stereocenters. The lowest BCUT2D eigenvalue weighted by Gasteiger charge is -2.08. The molecule has 2 N–H and O–H groups in total. The average molecular weight is 393 g/mol. The van der Waals surface area contributed by atoms with Crippen LogP contribution in [0.25, 0.3) is 0 Å². The second-order valence-corrected chi connectivity index (χ2v) is 6.00. The topological polar surface area (TPSA) is 76.4 Å². The Kier molecular flexibility index (Phi) is 6.74. The number of ether oxygens (including phenoxy) is 1. The lowest BCUT2D eigenvalue weighted by atomic mass is 10.2. The van der Waals surface area contributed by atoms with Gasteiger partial charge in [-0.25, -0.2) is 0 Å². The molecule has 1 atom stereocenters. The summed E-state index contributed by atoms with van der Waals surface area (Å²) in [5.41, 5.74) is 0.223. The number of hydrogen-bond donors (Lipinski definition) is 2. The Labute approximate surface area is 155 Å². The van der Waals surface area contributed by atoms with E-state index in [2.05, 4.69) is 15.8 Å². The molecule has 130 valence electrons. The molecular weight excluding hydrogens is 377 g/mol. The number of amides is 1. The van der Waals surface area contributed by atoms with E-state index in [0.717, 1.165) is 19.5 Å². The van der Waals surface area contributed by atoms with Crippen LogP contribution in [0.2, 0.25) is 10.0 Å². The lowest BCUT2D eigenvalue weighted by Crippen LogP contribution is -2.36. The number of carbonyl (C=O) groups excluding carboxylic acids is 1. The molecule has 2 heterocycles. The Bertz CT molecular complexity index is 682. The zero-order valence-electron chi connectivity index (χ0n) is 12.6. The minimum atomic E-state index is -0.260.